The predicted octanol–water partition coefficient (Wildman–Crippen LogP) is 4.87. The van der Waals surface area contributed by atoms with Crippen molar-refractivity contribution in [3.05, 3.63) is 83.9 Å². The lowest BCUT2D eigenvalue weighted by Gasteiger charge is -2.11. The van der Waals surface area contributed by atoms with Gasteiger partial charge in [-0.25, -0.2) is 9.37 Å². The van der Waals surface area contributed by atoms with Crippen molar-refractivity contribution >= 4 is 28.4 Å². The number of benzene rings is 2. The number of nitrogens with zero attached hydrogens (tertiary/aromatic N) is 3. The summed E-state index contributed by atoms with van der Waals surface area (Å²) in [5.41, 5.74) is 3.71. The standard InChI is InChI=1S/C22H20FN5/c1-15-14-20(27-19-6-2-4-17-5-3-12-24-21(17)19)28-22(26-15)25-13-11-16-7-9-18(23)10-8-16/h2-10,12,14H,11,13H2,1H3,(H2,25,26,27,28). The molecule has 140 valence electrons. The van der Waals surface area contributed by atoms with Crippen LogP contribution in [0, 0.1) is 12.7 Å². The van der Waals surface area contributed by atoms with E-state index in [1.54, 1.807) is 18.3 Å². The Bertz CT molecular complexity index is 1090. The van der Waals surface area contributed by atoms with Crippen LogP contribution in [0.3, 0.4) is 0 Å². The van der Waals surface area contributed by atoms with E-state index in [0.717, 1.165) is 34.3 Å². The largest absolute Gasteiger partial charge is 0.354 e. The first-order valence-corrected chi connectivity index (χ1v) is 9.12. The Balaban J connectivity index is 1.48. The van der Waals surface area contributed by atoms with Gasteiger partial charge >= 0.3 is 0 Å². The van der Waals surface area contributed by atoms with Gasteiger partial charge in [-0.05, 0) is 43.2 Å². The number of aryl methyl sites for hydroxylation is 1. The molecule has 28 heavy (non-hydrogen) atoms. The van der Waals surface area contributed by atoms with Crippen molar-refractivity contribution in [1.82, 2.24) is 15.0 Å². The maximum absolute atomic E-state index is 13.0. The molecule has 0 aliphatic rings. The fraction of sp³-hybridized carbons (Fsp3) is 0.136. The molecule has 0 fully saturated rings. The fourth-order valence-corrected chi connectivity index (χ4v) is 3.02. The van der Waals surface area contributed by atoms with E-state index in [-0.39, 0.29) is 5.82 Å². The van der Waals surface area contributed by atoms with Gasteiger partial charge in [0.05, 0.1) is 11.2 Å². The summed E-state index contributed by atoms with van der Waals surface area (Å²) in [7, 11) is 0. The highest BCUT2D eigenvalue weighted by Gasteiger charge is 2.06. The zero-order valence-corrected chi connectivity index (χ0v) is 15.5. The first kappa shape index (κ1) is 17.9. The third-order valence-electron chi connectivity index (χ3n) is 4.36. The van der Waals surface area contributed by atoms with Gasteiger partial charge in [0, 0.05) is 29.9 Å². The van der Waals surface area contributed by atoms with Crippen LogP contribution in [0.5, 0.6) is 0 Å². The van der Waals surface area contributed by atoms with Crippen molar-refractivity contribution in [2.45, 2.75) is 13.3 Å². The minimum absolute atomic E-state index is 0.225. The summed E-state index contributed by atoms with van der Waals surface area (Å²) < 4.78 is 13.0. The molecule has 2 heterocycles. The quantitative estimate of drug-likeness (QED) is 0.505. The molecule has 2 N–H and O–H groups in total. The van der Waals surface area contributed by atoms with Gasteiger partial charge in [-0.1, -0.05) is 30.3 Å². The lowest BCUT2D eigenvalue weighted by molar-refractivity contribution is 0.627. The molecule has 2 aromatic carbocycles. The van der Waals surface area contributed by atoms with Gasteiger partial charge in [-0.2, -0.15) is 4.98 Å². The number of halogens is 1. The molecule has 0 saturated heterocycles. The minimum atomic E-state index is -0.225. The number of aromatic nitrogens is 3. The van der Waals surface area contributed by atoms with Crippen molar-refractivity contribution in [3.63, 3.8) is 0 Å². The van der Waals surface area contributed by atoms with Crippen LogP contribution >= 0.6 is 0 Å². The number of hydrogen-bond donors (Lipinski definition) is 2. The van der Waals surface area contributed by atoms with Crippen LogP contribution in [0.1, 0.15) is 11.3 Å². The molecule has 0 bridgehead atoms. The number of hydrogen-bond acceptors (Lipinski definition) is 5. The van der Waals surface area contributed by atoms with Crippen molar-refractivity contribution in [2.24, 2.45) is 0 Å². The van der Waals surface area contributed by atoms with Gasteiger partial charge in [-0.15, -0.1) is 0 Å². The first-order valence-electron chi connectivity index (χ1n) is 9.12. The van der Waals surface area contributed by atoms with Gasteiger partial charge in [0.2, 0.25) is 5.95 Å². The normalized spacial score (nSPS) is 10.8. The Kier molecular flexibility index (Phi) is 5.10. The lowest BCUT2D eigenvalue weighted by Crippen LogP contribution is -2.09. The van der Waals surface area contributed by atoms with Gasteiger partial charge in [0.25, 0.3) is 0 Å². The number of para-hydroxylation sites is 1. The van der Waals surface area contributed by atoms with Crippen LogP contribution in [-0.4, -0.2) is 21.5 Å². The summed E-state index contributed by atoms with van der Waals surface area (Å²) in [6.07, 6.45) is 2.54. The maximum atomic E-state index is 13.0. The summed E-state index contributed by atoms with van der Waals surface area (Å²) in [5, 5.41) is 7.65. The molecule has 0 radical (unpaired) electrons. The second-order valence-electron chi connectivity index (χ2n) is 6.53. The Morgan fingerprint density at radius 2 is 1.79 bits per heavy atom. The van der Waals surface area contributed by atoms with E-state index < -0.39 is 0 Å². The van der Waals surface area contributed by atoms with Crippen LogP contribution in [-0.2, 0) is 6.42 Å². The third kappa shape index (κ3) is 4.23. The van der Waals surface area contributed by atoms with Crippen LogP contribution in [0.15, 0.2) is 66.9 Å². The summed E-state index contributed by atoms with van der Waals surface area (Å²) in [6, 6.07) is 18.4. The molecule has 0 unspecified atom stereocenters. The SMILES string of the molecule is Cc1cc(Nc2cccc3cccnc23)nc(NCCc2ccc(F)cc2)n1. The van der Waals surface area contributed by atoms with Gasteiger partial charge in [-0.3, -0.25) is 4.98 Å². The molecule has 4 aromatic rings. The average molecular weight is 373 g/mol. The monoisotopic (exact) mass is 373 g/mol. The molecule has 4 rings (SSSR count). The Morgan fingerprint density at radius 1 is 0.964 bits per heavy atom. The summed E-state index contributed by atoms with van der Waals surface area (Å²) in [6.45, 7) is 2.59. The highest BCUT2D eigenvalue weighted by Crippen LogP contribution is 2.24. The highest BCUT2D eigenvalue weighted by molar-refractivity contribution is 5.91. The highest BCUT2D eigenvalue weighted by atomic mass is 19.1. The van der Waals surface area contributed by atoms with Crippen LogP contribution in [0.2, 0.25) is 0 Å². The van der Waals surface area contributed by atoms with E-state index in [4.69, 9.17) is 0 Å². The van der Waals surface area contributed by atoms with Gasteiger partial charge < -0.3 is 10.6 Å². The third-order valence-corrected chi connectivity index (χ3v) is 4.36. The van der Waals surface area contributed by atoms with E-state index in [2.05, 4.69) is 25.6 Å². The summed E-state index contributed by atoms with van der Waals surface area (Å²) in [4.78, 5) is 13.5. The van der Waals surface area contributed by atoms with E-state index in [1.165, 1.54) is 12.1 Å². The van der Waals surface area contributed by atoms with Crippen molar-refractivity contribution in [2.75, 3.05) is 17.2 Å². The second-order valence-corrected chi connectivity index (χ2v) is 6.53. The molecule has 0 atom stereocenters. The molecule has 5 nitrogen and oxygen atoms in total. The molecular formula is C22H20FN5. The fourth-order valence-electron chi connectivity index (χ4n) is 3.02. The second kappa shape index (κ2) is 8.00. The topological polar surface area (TPSA) is 62.7 Å². The smallest absolute Gasteiger partial charge is 0.224 e. The van der Waals surface area contributed by atoms with Crippen molar-refractivity contribution in [1.29, 1.82) is 0 Å². The number of nitrogens with one attached hydrogen (secondary N) is 2. The molecule has 2 aromatic heterocycles. The van der Waals surface area contributed by atoms with E-state index in [0.29, 0.717) is 18.3 Å². The molecule has 6 heteroatoms. The molecule has 0 spiro atoms. The van der Waals surface area contributed by atoms with E-state index in [9.17, 15) is 4.39 Å². The summed E-state index contributed by atoms with van der Waals surface area (Å²) in [5.74, 6) is 1.03. The van der Waals surface area contributed by atoms with E-state index in [1.807, 2.05) is 43.3 Å². The average Bonchev–Trinajstić information content (AvgIpc) is 2.69. The van der Waals surface area contributed by atoms with Crippen LogP contribution < -0.4 is 10.6 Å². The lowest BCUT2D eigenvalue weighted by atomic mass is 10.1. The minimum Gasteiger partial charge on any atom is -0.354 e. The molecule has 0 aliphatic heterocycles. The number of fused-ring (bicyclic) bond motifs is 1. The van der Waals surface area contributed by atoms with Gasteiger partial charge in [0.1, 0.15) is 11.6 Å². The summed E-state index contributed by atoms with van der Waals surface area (Å²) >= 11 is 0. The number of anilines is 3. The molecule has 0 amide bonds. The van der Waals surface area contributed by atoms with Crippen LogP contribution in [0.25, 0.3) is 10.9 Å². The number of pyridine rings is 1. The maximum Gasteiger partial charge on any atom is 0.224 e. The van der Waals surface area contributed by atoms with Gasteiger partial charge in [0.15, 0.2) is 0 Å². The van der Waals surface area contributed by atoms with E-state index >= 15 is 0 Å². The Morgan fingerprint density at radius 3 is 2.64 bits per heavy atom. The Labute approximate surface area is 162 Å². The van der Waals surface area contributed by atoms with Crippen LogP contribution in [0.4, 0.5) is 21.8 Å². The molecule has 0 saturated carbocycles. The molecule has 0 aliphatic carbocycles. The zero-order valence-electron chi connectivity index (χ0n) is 15.5. The molecular weight excluding hydrogens is 353 g/mol. The Hall–Kier alpha value is -3.54. The zero-order chi connectivity index (χ0) is 19.3. The van der Waals surface area contributed by atoms with Crippen molar-refractivity contribution in [3.8, 4) is 0 Å². The first-order chi connectivity index (χ1) is 13.7. The predicted molar refractivity (Wildman–Crippen MR) is 110 cm³/mol. The number of rotatable bonds is 6. The van der Waals surface area contributed by atoms with Crippen molar-refractivity contribution < 1.29 is 4.39 Å².